The van der Waals surface area contributed by atoms with Crippen molar-refractivity contribution in [3.8, 4) is 0 Å². The van der Waals surface area contributed by atoms with Gasteiger partial charge in [0.1, 0.15) is 6.10 Å². The summed E-state index contributed by atoms with van der Waals surface area (Å²) in [6, 6.07) is 0. The van der Waals surface area contributed by atoms with Gasteiger partial charge in [-0.15, -0.1) is 0 Å². The molecule has 3 nitrogen and oxygen atoms in total. The second-order valence-electron chi connectivity index (χ2n) is 1.57. The summed E-state index contributed by atoms with van der Waals surface area (Å²) in [4.78, 5) is 10.2. The van der Waals surface area contributed by atoms with E-state index >= 15 is 0 Å². The van der Waals surface area contributed by atoms with Gasteiger partial charge in [0.25, 0.3) is 0 Å². The molecule has 0 aliphatic heterocycles. The Morgan fingerprint density at radius 3 is 2.67 bits per heavy atom. The highest BCUT2D eigenvalue weighted by Gasteiger charge is 2.03. The molecule has 1 atom stereocenters. The number of ether oxygens (including phenoxy) is 1. The molecule has 0 rings (SSSR count). The summed E-state index contributed by atoms with van der Waals surface area (Å²) >= 11 is 0. The van der Waals surface area contributed by atoms with Crippen molar-refractivity contribution in [2.24, 2.45) is 0 Å². The average Bonchev–Trinajstić information content (AvgIpc) is 1.82. The van der Waals surface area contributed by atoms with Gasteiger partial charge in [0, 0.05) is 6.92 Å². The monoisotopic (exact) mass is 130 g/mol. The van der Waals surface area contributed by atoms with E-state index in [1.807, 2.05) is 0 Å². The molecular formula is C6H10O3. The summed E-state index contributed by atoms with van der Waals surface area (Å²) in [5, 5.41) is 8.43. The maximum Gasteiger partial charge on any atom is 0.303 e. The Hall–Kier alpha value is -0.830. The summed E-state index contributed by atoms with van der Waals surface area (Å²) in [6.07, 6.45) is 0.823. The number of esters is 1. The molecule has 0 radical (unpaired) electrons. The van der Waals surface area contributed by atoms with Crippen LogP contribution in [0.3, 0.4) is 0 Å². The van der Waals surface area contributed by atoms with Crippen molar-refractivity contribution in [1.82, 2.24) is 0 Å². The van der Waals surface area contributed by atoms with Gasteiger partial charge in [-0.05, 0) is 6.08 Å². The number of rotatable bonds is 3. The quantitative estimate of drug-likeness (QED) is 0.435. The minimum atomic E-state index is -0.553. The van der Waals surface area contributed by atoms with Gasteiger partial charge < -0.3 is 9.84 Å². The summed E-state index contributed by atoms with van der Waals surface area (Å²) in [7, 11) is 0. The van der Waals surface area contributed by atoms with Crippen LogP contribution in [0, 0.1) is 0 Å². The molecule has 3 heteroatoms. The number of carbonyl (C=O) groups is 1. The SMILES string of the molecule is C=C[C@H](CO)OC(C)=O. The van der Waals surface area contributed by atoms with Crippen LogP contribution in [-0.2, 0) is 9.53 Å². The van der Waals surface area contributed by atoms with Crippen molar-refractivity contribution in [3.63, 3.8) is 0 Å². The van der Waals surface area contributed by atoms with Crippen LogP contribution in [0.4, 0.5) is 0 Å². The molecule has 0 aromatic carbocycles. The van der Waals surface area contributed by atoms with Crippen LogP contribution in [0.25, 0.3) is 0 Å². The van der Waals surface area contributed by atoms with E-state index in [4.69, 9.17) is 5.11 Å². The zero-order valence-electron chi connectivity index (χ0n) is 5.33. The summed E-state index contributed by atoms with van der Waals surface area (Å²) in [6.45, 7) is 4.43. The third kappa shape index (κ3) is 3.73. The molecular weight excluding hydrogens is 120 g/mol. The van der Waals surface area contributed by atoms with Crippen molar-refractivity contribution in [3.05, 3.63) is 12.7 Å². The van der Waals surface area contributed by atoms with Gasteiger partial charge in [0.15, 0.2) is 0 Å². The van der Waals surface area contributed by atoms with Gasteiger partial charge in [0.2, 0.25) is 0 Å². The highest BCUT2D eigenvalue weighted by Crippen LogP contribution is 1.90. The number of aliphatic hydroxyl groups is 1. The Labute approximate surface area is 53.9 Å². The molecule has 0 amide bonds. The molecule has 0 aromatic heterocycles. The first-order valence-corrected chi connectivity index (χ1v) is 2.61. The van der Waals surface area contributed by atoms with Gasteiger partial charge in [-0.1, -0.05) is 6.58 Å². The van der Waals surface area contributed by atoms with Gasteiger partial charge in [-0.2, -0.15) is 0 Å². The molecule has 0 aliphatic rings. The van der Waals surface area contributed by atoms with Crippen LogP contribution in [0.15, 0.2) is 12.7 Å². The van der Waals surface area contributed by atoms with E-state index in [0.29, 0.717) is 0 Å². The predicted molar refractivity (Wildman–Crippen MR) is 32.8 cm³/mol. The summed E-state index contributed by atoms with van der Waals surface area (Å²) in [5.41, 5.74) is 0. The van der Waals surface area contributed by atoms with E-state index in [0.717, 1.165) is 0 Å². The molecule has 0 spiro atoms. The molecule has 0 aliphatic carbocycles. The largest absolute Gasteiger partial charge is 0.456 e. The minimum Gasteiger partial charge on any atom is -0.456 e. The molecule has 0 heterocycles. The standard InChI is InChI=1S/C6H10O3/c1-3-6(4-7)9-5(2)8/h3,6-7H,1,4H2,2H3/t6-/m1/s1. The Kier molecular flexibility index (Phi) is 3.71. The second-order valence-corrected chi connectivity index (χ2v) is 1.57. The van der Waals surface area contributed by atoms with E-state index in [9.17, 15) is 4.79 Å². The van der Waals surface area contributed by atoms with Gasteiger partial charge in [-0.3, -0.25) is 4.79 Å². The predicted octanol–water partition coefficient (Wildman–Crippen LogP) is 0.0964. The lowest BCUT2D eigenvalue weighted by atomic mass is 10.4. The molecule has 0 saturated carbocycles. The Morgan fingerprint density at radius 1 is 2.00 bits per heavy atom. The maximum absolute atomic E-state index is 10.2. The molecule has 52 valence electrons. The number of hydrogen-bond donors (Lipinski definition) is 1. The normalized spacial score (nSPS) is 12.2. The topological polar surface area (TPSA) is 46.5 Å². The van der Waals surface area contributed by atoms with Crippen LogP contribution in [0.5, 0.6) is 0 Å². The van der Waals surface area contributed by atoms with E-state index in [-0.39, 0.29) is 6.61 Å². The Balaban J connectivity index is 3.55. The lowest BCUT2D eigenvalue weighted by Gasteiger charge is -2.07. The van der Waals surface area contributed by atoms with Crippen molar-refractivity contribution in [2.45, 2.75) is 13.0 Å². The van der Waals surface area contributed by atoms with E-state index in [2.05, 4.69) is 11.3 Å². The lowest BCUT2D eigenvalue weighted by molar-refractivity contribution is -0.145. The third-order valence-electron chi connectivity index (χ3n) is 0.760. The maximum atomic E-state index is 10.2. The first kappa shape index (κ1) is 8.17. The summed E-state index contributed by atoms with van der Waals surface area (Å²) in [5.74, 6) is -0.408. The van der Waals surface area contributed by atoms with Gasteiger partial charge >= 0.3 is 5.97 Å². The number of aliphatic hydroxyl groups excluding tert-OH is 1. The van der Waals surface area contributed by atoms with Crippen molar-refractivity contribution in [1.29, 1.82) is 0 Å². The first-order valence-electron chi connectivity index (χ1n) is 2.61. The van der Waals surface area contributed by atoms with Crippen LogP contribution in [0.2, 0.25) is 0 Å². The first-order chi connectivity index (χ1) is 4.20. The van der Waals surface area contributed by atoms with Crippen LogP contribution < -0.4 is 0 Å². The lowest BCUT2D eigenvalue weighted by Crippen LogP contribution is -2.17. The molecule has 1 N–H and O–H groups in total. The second kappa shape index (κ2) is 4.09. The highest BCUT2D eigenvalue weighted by atomic mass is 16.5. The zero-order chi connectivity index (χ0) is 7.28. The average molecular weight is 130 g/mol. The molecule has 0 bridgehead atoms. The fraction of sp³-hybridized carbons (Fsp3) is 0.500. The van der Waals surface area contributed by atoms with E-state index < -0.39 is 12.1 Å². The molecule has 0 aromatic rings. The van der Waals surface area contributed by atoms with Crippen LogP contribution >= 0.6 is 0 Å². The van der Waals surface area contributed by atoms with Crippen molar-refractivity contribution < 1.29 is 14.6 Å². The van der Waals surface area contributed by atoms with Crippen LogP contribution in [0.1, 0.15) is 6.92 Å². The zero-order valence-corrected chi connectivity index (χ0v) is 5.33. The molecule has 0 unspecified atom stereocenters. The fourth-order valence-electron chi connectivity index (χ4n) is 0.373. The van der Waals surface area contributed by atoms with Crippen LogP contribution in [-0.4, -0.2) is 23.8 Å². The molecule has 0 saturated heterocycles. The van der Waals surface area contributed by atoms with Crippen molar-refractivity contribution >= 4 is 5.97 Å². The van der Waals surface area contributed by atoms with Gasteiger partial charge in [0.05, 0.1) is 6.61 Å². The molecule has 9 heavy (non-hydrogen) atoms. The molecule has 0 fully saturated rings. The van der Waals surface area contributed by atoms with E-state index in [1.165, 1.54) is 13.0 Å². The number of carbonyl (C=O) groups excluding carboxylic acids is 1. The van der Waals surface area contributed by atoms with E-state index in [1.54, 1.807) is 0 Å². The minimum absolute atomic E-state index is 0.205. The number of hydrogen-bond acceptors (Lipinski definition) is 3. The third-order valence-corrected chi connectivity index (χ3v) is 0.760. The van der Waals surface area contributed by atoms with Gasteiger partial charge in [-0.25, -0.2) is 0 Å². The Bertz CT molecular complexity index is 109. The summed E-state index contributed by atoms with van der Waals surface area (Å²) < 4.78 is 4.54. The smallest absolute Gasteiger partial charge is 0.303 e. The Morgan fingerprint density at radius 2 is 2.56 bits per heavy atom. The van der Waals surface area contributed by atoms with Crippen molar-refractivity contribution in [2.75, 3.05) is 6.61 Å². The fourth-order valence-corrected chi connectivity index (χ4v) is 0.373. The highest BCUT2D eigenvalue weighted by molar-refractivity contribution is 5.66.